The summed E-state index contributed by atoms with van der Waals surface area (Å²) < 4.78 is 10.6. The Bertz CT molecular complexity index is 496. The molecule has 0 aliphatic carbocycles. The van der Waals surface area contributed by atoms with Crippen LogP contribution in [0.1, 0.15) is 24.2 Å². The molecule has 0 bridgehead atoms. The first-order chi connectivity index (χ1) is 8.83. The van der Waals surface area contributed by atoms with Gasteiger partial charge >= 0.3 is 0 Å². The first-order valence-electron chi connectivity index (χ1n) is 5.96. The van der Waals surface area contributed by atoms with Crippen molar-refractivity contribution in [2.45, 2.75) is 26.4 Å². The molecule has 1 heterocycles. The van der Waals surface area contributed by atoms with Gasteiger partial charge in [-0.15, -0.1) is 0 Å². The van der Waals surface area contributed by atoms with E-state index in [-0.39, 0.29) is 13.2 Å². The average Bonchev–Trinajstić information content (AvgIpc) is 2.86. The highest BCUT2D eigenvalue weighted by Crippen LogP contribution is 2.19. The molecular weight excluding hydrogens is 232 g/mol. The maximum Gasteiger partial charge on any atom is 0.226 e. The normalized spacial score (nSPS) is 10.6. The molecule has 0 aliphatic heterocycles. The van der Waals surface area contributed by atoms with Gasteiger partial charge in [-0.3, -0.25) is 0 Å². The Labute approximate surface area is 105 Å². The van der Waals surface area contributed by atoms with Gasteiger partial charge in [-0.2, -0.15) is 4.98 Å². The van der Waals surface area contributed by atoms with Crippen LogP contribution in [-0.4, -0.2) is 21.9 Å². The van der Waals surface area contributed by atoms with E-state index in [0.29, 0.717) is 24.6 Å². The minimum Gasteiger partial charge on any atom is -0.485 e. The molecule has 5 heteroatoms. The van der Waals surface area contributed by atoms with Gasteiger partial charge in [0, 0.05) is 13.0 Å². The number of rotatable bonds is 6. The van der Waals surface area contributed by atoms with Gasteiger partial charge in [0.1, 0.15) is 5.75 Å². The van der Waals surface area contributed by atoms with Gasteiger partial charge in [-0.05, 0) is 18.1 Å². The van der Waals surface area contributed by atoms with Crippen molar-refractivity contribution in [1.29, 1.82) is 0 Å². The van der Waals surface area contributed by atoms with E-state index >= 15 is 0 Å². The zero-order valence-electron chi connectivity index (χ0n) is 10.3. The second-order valence-electron chi connectivity index (χ2n) is 3.83. The second-order valence-corrected chi connectivity index (χ2v) is 3.83. The number of aliphatic hydroxyl groups is 1. The number of aryl methyl sites for hydroxylation is 1. The monoisotopic (exact) mass is 248 g/mol. The highest BCUT2D eigenvalue weighted by Gasteiger charge is 2.07. The summed E-state index contributed by atoms with van der Waals surface area (Å²) in [5.41, 5.74) is 0.971. The van der Waals surface area contributed by atoms with Crippen molar-refractivity contribution in [3.8, 4) is 5.75 Å². The topological polar surface area (TPSA) is 68.4 Å². The van der Waals surface area contributed by atoms with Gasteiger partial charge in [-0.1, -0.05) is 30.3 Å². The fourth-order valence-corrected chi connectivity index (χ4v) is 1.61. The van der Waals surface area contributed by atoms with E-state index in [1.165, 1.54) is 0 Å². The third-order valence-corrected chi connectivity index (χ3v) is 2.52. The number of para-hydroxylation sites is 1. The lowest BCUT2D eigenvalue weighted by molar-refractivity contribution is 0.273. The molecule has 5 nitrogen and oxygen atoms in total. The quantitative estimate of drug-likeness (QED) is 0.843. The summed E-state index contributed by atoms with van der Waals surface area (Å²) in [6.07, 6.45) is 1.29. The van der Waals surface area contributed by atoms with Crippen molar-refractivity contribution in [2.75, 3.05) is 6.61 Å². The lowest BCUT2D eigenvalue weighted by Crippen LogP contribution is -2.01. The summed E-state index contributed by atoms with van der Waals surface area (Å²) in [5, 5.41) is 12.8. The van der Waals surface area contributed by atoms with Crippen molar-refractivity contribution in [2.24, 2.45) is 0 Å². The standard InChI is InChI=1S/C13H16N2O3/c1-2-13-14-12(15-18-13)9-17-11-6-4-3-5-10(11)7-8-16/h3-6,16H,2,7-9H2,1H3. The van der Waals surface area contributed by atoms with Crippen LogP contribution >= 0.6 is 0 Å². The van der Waals surface area contributed by atoms with Crippen LogP contribution in [0.25, 0.3) is 0 Å². The van der Waals surface area contributed by atoms with E-state index in [9.17, 15) is 0 Å². The largest absolute Gasteiger partial charge is 0.485 e. The van der Waals surface area contributed by atoms with Crippen LogP contribution in [0.3, 0.4) is 0 Å². The van der Waals surface area contributed by atoms with E-state index < -0.39 is 0 Å². The molecule has 2 aromatic rings. The molecule has 0 saturated carbocycles. The van der Waals surface area contributed by atoms with Crippen LogP contribution in [0.15, 0.2) is 28.8 Å². The number of hydrogen-bond acceptors (Lipinski definition) is 5. The molecule has 0 unspecified atom stereocenters. The zero-order valence-corrected chi connectivity index (χ0v) is 10.3. The van der Waals surface area contributed by atoms with Crippen LogP contribution in [-0.2, 0) is 19.4 Å². The number of nitrogens with zero attached hydrogens (tertiary/aromatic N) is 2. The molecule has 0 aliphatic rings. The van der Waals surface area contributed by atoms with E-state index in [1.807, 2.05) is 31.2 Å². The molecule has 1 aromatic carbocycles. The second kappa shape index (κ2) is 6.16. The summed E-state index contributed by atoms with van der Waals surface area (Å²) in [7, 11) is 0. The summed E-state index contributed by atoms with van der Waals surface area (Å²) in [6, 6.07) is 7.61. The minimum absolute atomic E-state index is 0.0998. The number of hydrogen-bond donors (Lipinski definition) is 1. The Kier molecular flexibility index (Phi) is 4.30. The Morgan fingerprint density at radius 3 is 2.89 bits per heavy atom. The fraction of sp³-hybridized carbons (Fsp3) is 0.385. The molecule has 18 heavy (non-hydrogen) atoms. The third kappa shape index (κ3) is 3.07. The summed E-state index contributed by atoms with van der Waals surface area (Å²) in [5.74, 6) is 1.89. The van der Waals surface area contributed by atoms with Crippen molar-refractivity contribution in [1.82, 2.24) is 10.1 Å². The number of benzene rings is 1. The van der Waals surface area contributed by atoms with Crippen LogP contribution in [0, 0.1) is 0 Å². The summed E-state index contributed by atoms with van der Waals surface area (Å²) >= 11 is 0. The zero-order chi connectivity index (χ0) is 12.8. The van der Waals surface area contributed by atoms with Gasteiger partial charge in [0.2, 0.25) is 11.7 Å². The van der Waals surface area contributed by atoms with E-state index in [2.05, 4.69) is 10.1 Å². The molecular formula is C13H16N2O3. The Morgan fingerprint density at radius 2 is 2.17 bits per heavy atom. The first-order valence-corrected chi connectivity index (χ1v) is 5.96. The number of aromatic nitrogens is 2. The minimum atomic E-state index is 0.0998. The average molecular weight is 248 g/mol. The molecule has 0 radical (unpaired) electrons. The predicted molar refractivity (Wildman–Crippen MR) is 65.2 cm³/mol. The molecule has 1 N–H and O–H groups in total. The number of ether oxygens (including phenoxy) is 1. The molecule has 2 rings (SSSR count). The highest BCUT2D eigenvalue weighted by molar-refractivity contribution is 5.33. The number of aliphatic hydroxyl groups excluding tert-OH is 1. The third-order valence-electron chi connectivity index (χ3n) is 2.52. The van der Waals surface area contributed by atoms with Gasteiger partial charge in [0.15, 0.2) is 6.61 Å². The van der Waals surface area contributed by atoms with E-state index in [4.69, 9.17) is 14.4 Å². The molecule has 0 fully saturated rings. The van der Waals surface area contributed by atoms with E-state index in [0.717, 1.165) is 11.3 Å². The summed E-state index contributed by atoms with van der Waals surface area (Å²) in [6.45, 7) is 2.32. The predicted octanol–water partition coefficient (Wildman–Crippen LogP) is 1.75. The SMILES string of the molecule is CCc1nc(COc2ccccc2CCO)no1. The van der Waals surface area contributed by atoms with Crippen molar-refractivity contribution in [3.63, 3.8) is 0 Å². The van der Waals surface area contributed by atoms with Crippen molar-refractivity contribution < 1.29 is 14.4 Å². The van der Waals surface area contributed by atoms with Gasteiger partial charge in [-0.25, -0.2) is 0 Å². The lowest BCUT2D eigenvalue weighted by atomic mass is 10.1. The van der Waals surface area contributed by atoms with Crippen LogP contribution in [0.2, 0.25) is 0 Å². The molecule has 0 amide bonds. The van der Waals surface area contributed by atoms with Gasteiger partial charge in [0.05, 0.1) is 0 Å². The van der Waals surface area contributed by atoms with E-state index in [1.54, 1.807) is 0 Å². The fourth-order valence-electron chi connectivity index (χ4n) is 1.61. The van der Waals surface area contributed by atoms with Gasteiger partial charge < -0.3 is 14.4 Å². The molecule has 1 aromatic heterocycles. The highest BCUT2D eigenvalue weighted by atomic mass is 16.5. The molecule has 96 valence electrons. The first kappa shape index (κ1) is 12.6. The van der Waals surface area contributed by atoms with Crippen molar-refractivity contribution in [3.05, 3.63) is 41.5 Å². The van der Waals surface area contributed by atoms with Crippen LogP contribution in [0.5, 0.6) is 5.75 Å². The van der Waals surface area contributed by atoms with Crippen molar-refractivity contribution >= 4 is 0 Å². The molecule has 0 saturated heterocycles. The maximum atomic E-state index is 8.97. The maximum absolute atomic E-state index is 8.97. The summed E-state index contributed by atoms with van der Waals surface area (Å²) in [4.78, 5) is 4.17. The Hall–Kier alpha value is -1.88. The van der Waals surface area contributed by atoms with Crippen LogP contribution in [0.4, 0.5) is 0 Å². The van der Waals surface area contributed by atoms with Crippen LogP contribution < -0.4 is 4.74 Å². The Morgan fingerprint density at radius 1 is 1.33 bits per heavy atom. The lowest BCUT2D eigenvalue weighted by Gasteiger charge is -2.08. The molecule has 0 spiro atoms. The Balaban J connectivity index is 2.01. The molecule has 0 atom stereocenters. The smallest absolute Gasteiger partial charge is 0.226 e. The van der Waals surface area contributed by atoms with Gasteiger partial charge in [0.25, 0.3) is 0 Å².